The lowest BCUT2D eigenvalue weighted by Gasteiger charge is -2.62. The van der Waals surface area contributed by atoms with Crippen molar-refractivity contribution in [3.8, 4) is 0 Å². The third kappa shape index (κ3) is 3.18. The number of hydrogen-bond donors (Lipinski definition) is 3. The Labute approximate surface area is 188 Å². The Morgan fingerprint density at radius 2 is 1.81 bits per heavy atom. The van der Waals surface area contributed by atoms with Crippen molar-refractivity contribution in [1.29, 1.82) is 0 Å². The Bertz CT molecular complexity index is 906. The van der Waals surface area contributed by atoms with Crippen LogP contribution in [-0.4, -0.2) is 44.4 Å². The molecule has 3 saturated carbocycles. The maximum atomic E-state index is 12.5. The summed E-state index contributed by atoms with van der Waals surface area (Å²) in [6.07, 6.45) is 5.22. The number of rotatable bonds is 5. The molecule has 0 heterocycles. The van der Waals surface area contributed by atoms with E-state index < -0.39 is 40.7 Å². The average Bonchev–Trinajstić information content (AvgIpc) is 3.04. The number of carbonyl (C=O) groups is 4. The number of allylic oxidation sites excluding steroid dienone is 1. The second kappa shape index (κ2) is 7.51. The second-order valence-corrected chi connectivity index (χ2v) is 11.2. The Hall–Kier alpha value is -2.02. The van der Waals surface area contributed by atoms with E-state index in [4.69, 9.17) is 0 Å². The molecule has 0 bridgehead atoms. The van der Waals surface area contributed by atoms with Gasteiger partial charge in [-0.05, 0) is 80.1 Å². The molecule has 176 valence electrons. The molecule has 3 N–H and O–H groups in total. The molecule has 0 aromatic rings. The topological polar surface area (TPSA) is 129 Å². The van der Waals surface area contributed by atoms with Gasteiger partial charge in [0.1, 0.15) is 5.78 Å². The molecule has 0 aromatic heterocycles. The van der Waals surface area contributed by atoms with E-state index in [0.29, 0.717) is 19.3 Å². The molecule has 4 aliphatic rings. The molecule has 2 unspecified atom stereocenters. The Balaban J connectivity index is 1.89. The zero-order chi connectivity index (χ0) is 23.6. The molecular weight excluding hydrogens is 412 g/mol. The number of carboxylic acid groups (broad SMARTS) is 2. The van der Waals surface area contributed by atoms with Crippen LogP contribution in [0.3, 0.4) is 0 Å². The number of Topliss-reactive ketones (excluding diaryl/α,β-unsaturated/α-hetero) is 1. The molecule has 4 rings (SSSR count). The molecule has 0 aliphatic heterocycles. The van der Waals surface area contributed by atoms with E-state index in [2.05, 4.69) is 6.92 Å². The minimum atomic E-state index is -2.43. The molecule has 0 saturated heterocycles. The Morgan fingerprint density at radius 1 is 1.12 bits per heavy atom. The largest absolute Gasteiger partial charge is 0.481 e. The summed E-state index contributed by atoms with van der Waals surface area (Å²) >= 11 is 0. The van der Waals surface area contributed by atoms with Crippen LogP contribution in [0.1, 0.15) is 72.1 Å². The number of aliphatic carboxylic acids is 2. The van der Waals surface area contributed by atoms with Crippen LogP contribution in [0.4, 0.5) is 0 Å². The zero-order valence-corrected chi connectivity index (χ0v) is 19.1. The fourth-order valence-corrected chi connectivity index (χ4v) is 8.47. The lowest BCUT2D eigenvalue weighted by molar-refractivity contribution is -0.197. The van der Waals surface area contributed by atoms with Crippen molar-refractivity contribution in [2.24, 2.45) is 40.4 Å². The first-order valence-electron chi connectivity index (χ1n) is 11.8. The molecule has 4 aliphatic carbocycles. The van der Waals surface area contributed by atoms with Gasteiger partial charge in [-0.25, -0.2) is 4.79 Å². The van der Waals surface area contributed by atoms with Gasteiger partial charge in [-0.1, -0.05) is 19.4 Å². The minimum absolute atomic E-state index is 0.0738. The third-order valence-corrected chi connectivity index (χ3v) is 9.82. The first-order chi connectivity index (χ1) is 14.8. The van der Waals surface area contributed by atoms with E-state index in [9.17, 15) is 34.5 Å². The van der Waals surface area contributed by atoms with Gasteiger partial charge in [-0.2, -0.15) is 0 Å². The molecule has 7 nitrogen and oxygen atoms in total. The molecule has 0 radical (unpaired) electrons. The standard InChI is InChI=1S/C25H34O7/c1-13(26)17-6-7-18-16-5-4-14-10-15(27)8-9-23(14,2)21(16)19(11-24(17,18)3)25(32,22(30)31)12-20(28)29/h10,16-19,21,32H,4-9,11-12H2,1-3H3,(H,28,29)(H,30,31)/t16-,17+,18-,19?,21+,23-,24+,25?/m0/s1. The Morgan fingerprint density at radius 3 is 2.41 bits per heavy atom. The highest BCUT2D eigenvalue weighted by atomic mass is 16.4. The van der Waals surface area contributed by atoms with Crippen molar-refractivity contribution in [2.45, 2.75) is 77.7 Å². The maximum absolute atomic E-state index is 12.5. The van der Waals surface area contributed by atoms with E-state index >= 15 is 0 Å². The number of ketones is 2. The summed E-state index contributed by atoms with van der Waals surface area (Å²) in [4.78, 5) is 48.8. The summed E-state index contributed by atoms with van der Waals surface area (Å²) in [7, 11) is 0. The van der Waals surface area contributed by atoms with Crippen LogP contribution in [0.5, 0.6) is 0 Å². The van der Waals surface area contributed by atoms with Crippen molar-refractivity contribution in [3.63, 3.8) is 0 Å². The second-order valence-electron chi connectivity index (χ2n) is 11.2. The van der Waals surface area contributed by atoms with Gasteiger partial charge in [0.2, 0.25) is 0 Å². The molecular formula is C25H34O7. The number of carbonyl (C=O) groups excluding carboxylic acids is 2. The molecule has 8 atom stereocenters. The van der Waals surface area contributed by atoms with Crippen LogP contribution in [0.2, 0.25) is 0 Å². The third-order valence-electron chi connectivity index (χ3n) is 9.82. The van der Waals surface area contributed by atoms with Crippen LogP contribution in [0.15, 0.2) is 11.6 Å². The Kier molecular flexibility index (Phi) is 5.43. The average molecular weight is 447 g/mol. The van der Waals surface area contributed by atoms with Gasteiger partial charge in [0.25, 0.3) is 0 Å². The minimum Gasteiger partial charge on any atom is -0.481 e. The van der Waals surface area contributed by atoms with Gasteiger partial charge in [0.05, 0.1) is 6.42 Å². The quantitative estimate of drug-likeness (QED) is 0.591. The molecule has 3 fully saturated rings. The van der Waals surface area contributed by atoms with Gasteiger partial charge in [-0.3, -0.25) is 14.4 Å². The molecule has 32 heavy (non-hydrogen) atoms. The van der Waals surface area contributed by atoms with E-state index in [1.54, 1.807) is 13.0 Å². The number of fused-ring (bicyclic) bond motifs is 5. The van der Waals surface area contributed by atoms with Crippen LogP contribution in [0, 0.1) is 40.4 Å². The smallest absolute Gasteiger partial charge is 0.336 e. The summed E-state index contributed by atoms with van der Waals surface area (Å²) in [5.74, 6) is -3.70. The number of hydrogen-bond acceptors (Lipinski definition) is 5. The molecule has 0 aromatic carbocycles. The highest BCUT2D eigenvalue weighted by Crippen LogP contribution is 2.69. The monoisotopic (exact) mass is 446 g/mol. The van der Waals surface area contributed by atoms with Crippen LogP contribution < -0.4 is 0 Å². The normalized spacial score (nSPS) is 42.7. The summed E-state index contributed by atoms with van der Waals surface area (Å²) in [5.41, 5.74) is -2.35. The first-order valence-corrected chi connectivity index (χ1v) is 11.8. The molecule has 7 heteroatoms. The van der Waals surface area contributed by atoms with Crippen molar-refractivity contribution < 1.29 is 34.5 Å². The lowest BCUT2D eigenvalue weighted by Crippen LogP contribution is -2.62. The number of carboxylic acids is 2. The van der Waals surface area contributed by atoms with Gasteiger partial charge in [0, 0.05) is 18.3 Å². The summed E-state index contributed by atoms with van der Waals surface area (Å²) in [6.45, 7) is 5.69. The van der Waals surface area contributed by atoms with E-state index in [-0.39, 0.29) is 35.2 Å². The van der Waals surface area contributed by atoms with Crippen LogP contribution in [0.25, 0.3) is 0 Å². The van der Waals surface area contributed by atoms with Crippen LogP contribution in [-0.2, 0) is 19.2 Å². The van der Waals surface area contributed by atoms with E-state index in [1.165, 1.54) is 0 Å². The zero-order valence-electron chi connectivity index (χ0n) is 19.1. The predicted molar refractivity (Wildman–Crippen MR) is 115 cm³/mol. The van der Waals surface area contributed by atoms with E-state index in [0.717, 1.165) is 31.3 Å². The summed E-state index contributed by atoms with van der Waals surface area (Å²) < 4.78 is 0. The van der Waals surface area contributed by atoms with Crippen molar-refractivity contribution in [3.05, 3.63) is 11.6 Å². The maximum Gasteiger partial charge on any atom is 0.336 e. The lowest BCUT2D eigenvalue weighted by atomic mass is 9.42. The van der Waals surface area contributed by atoms with Gasteiger partial charge >= 0.3 is 11.9 Å². The number of aliphatic hydroxyl groups is 1. The van der Waals surface area contributed by atoms with E-state index in [1.807, 2.05) is 6.92 Å². The van der Waals surface area contributed by atoms with Gasteiger partial charge < -0.3 is 15.3 Å². The SMILES string of the molecule is CC(=O)[C@H]1CC[C@H]2[C@@H]3CCC4=CC(=O)CC[C@]4(C)[C@H]3C(C(O)(CC(=O)O)C(=O)O)C[C@]12C. The first kappa shape index (κ1) is 23.1. The molecule has 0 spiro atoms. The van der Waals surface area contributed by atoms with Crippen molar-refractivity contribution in [1.82, 2.24) is 0 Å². The highest BCUT2D eigenvalue weighted by Gasteiger charge is 2.67. The fraction of sp³-hybridized carbons (Fsp3) is 0.760. The highest BCUT2D eigenvalue weighted by molar-refractivity contribution is 5.91. The van der Waals surface area contributed by atoms with Crippen LogP contribution >= 0.6 is 0 Å². The fourth-order valence-electron chi connectivity index (χ4n) is 8.47. The van der Waals surface area contributed by atoms with Crippen molar-refractivity contribution >= 4 is 23.5 Å². The van der Waals surface area contributed by atoms with Gasteiger partial charge in [-0.15, -0.1) is 0 Å². The van der Waals surface area contributed by atoms with Gasteiger partial charge in [0.15, 0.2) is 11.4 Å². The summed E-state index contributed by atoms with van der Waals surface area (Å²) in [5, 5.41) is 31.1. The molecule has 0 amide bonds. The van der Waals surface area contributed by atoms with Crippen molar-refractivity contribution in [2.75, 3.05) is 0 Å². The summed E-state index contributed by atoms with van der Waals surface area (Å²) in [6, 6.07) is 0. The predicted octanol–water partition coefficient (Wildman–Crippen LogP) is 3.24.